The van der Waals surface area contributed by atoms with Crippen LogP contribution in [0.1, 0.15) is 31.2 Å². The van der Waals surface area contributed by atoms with Gasteiger partial charge in [-0.05, 0) is 49.9 Å². The van der Waals surface area contributed by atoms with E-state index in [0.717, 1.165) is 10.3 Å². The van der Waals surface area contributed by atoms with Crippen molar-refractivity contribution in [3.63, 3.8) is 0 Å². The average molecular weight is 474 g/mol. The molecule has 1 aliphatic heterocycles. The molecule has 1 aliphatic carbocycles. The largest absolute Gasteiger partial charge is 0.381 e. The van der Waals surface area contributed by atoms with Crippen molar-refractivity contribution in [2.75, 3.05) is 18.5 Å². The van der Waals surface area contributed by atoms with Gasteiger partial charge < -0.3 is 14.8 Å². The summed E-state index contributed by atoms with van der Waals surface area (Å²) in [4.78, 5) is 22.4. The van der Waals surface area contributed by atoms with Crippen molar-refractivity contribution in [3.05, 3.63) is 48.2 Å². The van der Waals surface area contributed by atoms with Crippen LogP contribution >= 0.6 is 11.3 Å². The molecule has 2 fully saturated rings. The number of carbonyl (C=O) groups is 1. The van der Waals surface area contributed by atoms with Gasteiger partial charge >= 0.3 is 0 Å². The van der Waals surface area contributed by atoms with E-state index in [2.05, 4.69) is 15.3 Å². The van der Waals surface area contributed by atoms with Gasteiger partial charge in [0.25, 0.3) is 0 Å². The Hall–Kier alpha value is -2.40. The number of hydrogen-bond donors (Lipinski definition) is 1. The lowest BCUT2D eigenvalue weighted by atomic mass is 10.0. The number of nitrogens with one attached hydrogen (secondary N) is 1. The van der Waals surface area contributed by atoms with Gasteiger partial charge in [0.2, 0.25) is 5.72 Å². The number of carbonyl (C=O) groups excluding carboxylic acids is 1. The fourth-order valence-electron chi connectivity index (χ4n) is 3.80. The number of aldehydes is 1. The predicted molar refractivity (Wildman–Crippen MR) is 120 cm³/mol. The van der Waals surface area contributed by atoms with Gasteiger partial charge in [-0.1, -0.05) is 23.5 Å². The Morgan fingerprint density at radius 3 is 2.53 bits per heavy atom. The first-order valence-electron chi connectivity index (χ1n) is 10.6. The standard InChI is InChI=1S/C22H23N3O5S2/c26-14-22(30-16-9-12-29-13-10-16,25-21-24-19-2-1-11-23-20(19)31-21)15-3-5-17(6-4-15)32(27,28)18-7-8-18/h1-6,11,14,16,18H,7-10,12-13H2,(H,24,25). The lowest BCUT2D eigenvalue weighted by molar-refractivity contribution is -0.145. The van der Waals surface area contributed by atoms with Crippen LogP contribution in [-0.2, 0) is 29.8 Å². The van der Waals surface area contributed by atoms with Crippen LogP contribution in [-0.4, -0.2) is 49.2 Å². The quantitative estimate of drug-likeness (QED) is 0.392. The molecule has 8 nitrogen and oxygen atoms in total. The van der Waals surface area contributed by atoms with Crippen molar-refractivity contribution < 1.29 is 22.7 Å². The summed E-state index contributed by atoms with van der Waals surface area (Å²) in [5.74, 6) is 0. The van der Waals surface area contributed by atoms with E-state index in [-0.39, 0.29) is 16.2 Å². The summed E-state index contributed by atoms with van der Waals surface area (Å²) in [6.45, 7) is 1.12. The van der Waals surface area contributed by atoms with E-state index in [1.807, 2.05) is 6.07 Å². The van der Waals surface area contributed by atoms with Gasteiger partial charge in [0, 0.05) is 25.0 Å². The number of pyridine rings is 1. The highest BCUT2D eigenvalue weighted by molar-refractivity contribution is 7.92. The number of thiazole rings is 1. The molecule has 2 aliphatic rings. The molecule has 168 valence electrons. The van der Waals surface area contributed by atoms with Gasteiger partial charge in [0.1, 0.15) is 10.3 Å². The maximum atomic E-state index is 12.6. The molecule has 10 heteroatoms. The van der Waals surface area contributed by atoms with Crippen LogP contribution in [0.25, 0.3) is 10.3 Å². The molecule has 1 unspecified atom stereocenters. The number of aromatic nitrogens is 2. The summed E-state index contributed by atoms with van der Waals surface area (Å²) in [5.41, 5.74) is -0.282. The number of fused-ring (bicyclic) bond motifs is 1. The number of ether oxygens (including phenoxy) is 2. The Kier molecular flexibility index (Phi) is 5.70. The molecule has 0 amide bonds. The second-order valence-corrected chi connectivity index (χ2v) is 11.2. The lowest BCUT2D eigenvalue weighted by Crippen LogP contribution is -2.44. The molecular formula is C22H23N3O5S2. The summed E-state index contributed by atoms with van der Waals surface area (Å²) in [6, 6.07) is 10.0. The molecule has 3 heterocycles. The first-order valence-corrected chi connectivity index (χ1v) is 12.9. The fraction of sp³-hybridized carbons (Fsp3) is 0.409. The number of sulfone groups is 1. The SMILES string of the molecule is O=CC(Nc1nc2cccnc2s1)(OC1CCOCC1)c1ccc(S(=O)(=O)C2CC2)cc1. The van der Waals surface area contributed by atoms with Gasteiger partial charge in [0.15, 0.2) is 21.3 Å². The zero-order valence-electron chi connectivity index (χ0n) is 17.3. The molecule has 0 radical (unpaired) electrons. The van der Waals surface area contributed by atoms with Crippen molar-refractivity contribution in [1.29, 1.82) is 0 Å². The third kappa shape index (κ3) is 4.15. The minimum absolute atomic E-state index is 0.191. The van der Waals surface area contributed by atoms with Crippen LogP contribution in [0.4, 0.5) is 5.13 Å². The van der Waals surface area contributed by atoms with Crippen molar-refractivity contribution in [2.24, 2.45) is 0 Å². The Balaban J connectivity index is 1.51. The summed E-state index contributed by atoms with van der Waals surface area (Å²) in [5, 5.41) is 3.37. The molecule has 0 bridgehead atoms. The zero-order chi connectivity index (χ0) is 22.2. The first-order chi connectivity index (χ1) is 15.5. The summed E-state index contributed by atoms with van der Waals surface area (Å²) < 4.78 is 36.9. The maximum Gasteiger partial charge on any atom is 0.224 e. The number of nitrogens with zero attached hydrogens (tertiary/aromatic N) is 2. The van der Waals surface area contributed by atoms with Gasteiger partial charge in [-0.25, -0.2) is 18.4 Å². The maximum absolute atomic E-state index is 12.6. The van der Waals surface area contributed by atoms with Crippen LogP contribution < -0.4 is 5.32 Å². The van der Waals surface area contributed by atoms with Crippen LogP contribution in [0.15, 0.2) is 47.5 Å². The Bertz CT molecular complexity index is 1180. The molecule has 1 saturated carbocycles. The van der Waals surface area contributed by atoms with Crippen LogP contribution in [0.5, 0.6) is 0 Å². The topological polar surface area (TPSA) is 107 Å². The zero-order valence-corrected chi connectivity index (χ0v) is 18.9. The minimum atomic E-state index is -3.32. The van der Waals surface area contributed by atoms with E-state index in [4.69, 9.17) is 9.47 Å². The van der Waals surface area contributed by atoms with Crippen molar-refractivity contribution in [3.8, 4) is 0 Å². The number of anilines is 1. The Labute approximate surface area is 189 Å². The van der Waals surface area contributed by atoms with Gasteiger partial charge in [0.05, 0.1) is 16.2 Å². The average Bonchev–Trinajstić information content (AvgIpc) is 3.60. The monoisotopic (exact) mass is 473 g/mol. The molecule has 1 atom stereocenters. The minimum Gasteiger partial charge on any atom is -0.381 e. The lowest BCUT2D eigenvalue weighted by Gasteiger charge is -2.35. The second kappa shape index (κ2) is 8.51. The third-order valence-electron chi connectivity index (χ3n) is 5.72. The molecule has 1 N–H and O–H groups in total. The molecule has 0 spiro atoms. The number of hydrogen-bond acceptors (Lipinski definition) is 9. The second-order valence-electron chi connectivity index (χ2n) is 8.02. The third-order valence-corrected chi connectivity index (χ3v) is 8.89. The number of benzene rings is 1. The van der Waals surface area contributed by atoms with E-state index in [0.29, 0.717) is 55.9 Å². The molecule has 32 heavy (non-hydrogen) atoms. The van der Waals surface area contributed by atoms with Gasteiger partial charge in [-0.15, -0.1) is 0 Å². The first kappa shape index (κ1) is 21.4. The normalized spacial score (nSPS) is 19.5. The smallest absolute Gasteiger partial charge is 0.224 e. The Morgan fingerprint density at radius 1 is 1.12 bits per heavy atom. The van der Waals surface area contributed by atoms with Crippen molar-refractivity contribution >= 4 is 42.9 Å². The molecule has 2 aromatic heterocycles. The fourth-order valence-corrected chi connectivity index (χ4v) is 6.32. The molecule has 5 rings (SSSR count). The van der Waals surface area contributed by atoms with Crippen molar-refractivity contribution in [2.45, 2.75) is 47.7 Å². The van der Waals surface area contributed by atoms with Crippen LogP contribution in [0, 0.1) is 0 Å². The van der Waals surface area contributed by atoms with Crippen LogP contribution in [0.2, 0.25) is 0 Å². The highest BCUT2D eigenvalue weighted by Gasteiger charge is 2.40. The Morgan fingerprint density at radius 2 is 1.88 bits per heavy atom. The van der Waals surface area contributed by atoms with E-state index in [1.165, 1.54) is 11.3 Å². The van der Waals surface area contributed by atoms with Crippen molar-refractivity contribution in [1.82, 2.24) is 9.97 Å². The molecule has 1 saturated heterocycles. The molecular weight excluding hydrogens is 450 g/mol. The molecule has 1 aromatic carbocycles. The van der Waals surface area contributed by atoms with Crippen LogP contribution in [0.3, 0.4) is 0 Å². The van der Waals surface area contributed by atoms with E-state index in [1.54, 1.807) is 36.5 Å². The summed E-state index contributed by atoms with van der Waals surface area (Å²) >= 11 is 1.32. The van der Waals surface area contributed by atoms with E-state index >= 15 is 0 Å². The highest BCUT2D eigenvalue weighted by atomic mass is 32.2. The van der Waals surface area contributed by atoms with E-state index < -0.39 is 15.6 Å². The number of rotatable bonds is 8. The summed E-state index contributed by atoms with van der Waals surface area (Å²) in [6.07, 6.45) is 4.93. The predicted octanol–water partition coefficient (Wildman–Crippen LogP) is 3.29. The summed E-state index contributed by atoms with van der Waals surface area (Å²) in [7, 11) is -3.32. The highest BCUT2D eigenvalue weighted by Crippen LogP contribution is 2.36. The van der Waals surface area contributed by atoms with Gasteiger partial charge in [-0.2, -0.15) is 0 Å². The van der Waals surface area contributed by atoms with Gasteiger partial charge in [-0.3, -0.25) is 4.79 Å². The molecule has 3 aromatic rings. The van der Waals surface area contributed by atoms with E-state index in [9.17, 15) is 13.2 Å².